The third-order valence-corrected chi connectivity index (χ3v) is 4.28. The van der Waals surface area contributed by atoms with Gasteiger partial charge in [0, 0.05) is 18.7 Å². The first-order valence-corrected chi connectivity index (χ1v) is 8.05. The Morgan fingerprint density at radius 1 is 1.12 bits per heavy atom. The maximum absolute atomic E-state index is 13.2. The van der Waals surface area contributed by atoms with E-state index in [0.717, 1.165) is 32.4 Å². The van der Waals surface area contributed by atoms with Crippen LogP contribution in [-0.2, 0) is 0 Å². The number of anilines is 1. The molecule has 8 heteroatoms. The van der Waals surface area contributed by atoms with Gasteiger partial charge in [-0.25, -0.2) is 14.2 Å². The molecule has 0 saturated carbocycles. The number of carbonyl (C=O) groups is 1. The molecule has 25 heavy (non-hydrogen) atoms. The summed E-state index contributed by atoms with van der Waals surface area (Å²) >= 11 is 0. The van der Waals surface area contributed by atoms with Crippen molar-refractivity contribution in [2.75, 3.05) is 18.0 Å². The topological polar surface area (TPSA) is 92.3 Å². The van der Waals surface area contributed by atoms with Crippen molar-refractivity contribution in [3.05, 3.63) is 35.9 Å². The third-order valence-electron chi connectivity index (χ3n) is 4.28. The first-order chi connectivity index (χ1) is 12.1. The molecule has 0 amide bonds. The zero-order valence-electron chi connectivity index (χ0n) is 13.3. The van der Waals surface area contributed by atoms with Gasteiger partial charge in [0.05, 0.1) is 0 Å². The summed E-state index contributed by atoms with van der Waals surface area (Å²) in [6.45, 7) is 1.55. The van der Waals surface area contributed by atoms with Gasteiger partial charge in [-0.3, -0.25) is 0 Å². The molecule has 7 nitrogen and oxygen atoms in total. The second-order valence-corrected chi connectivity index (χ2v) is 5.94. The van der Waals surface area contributed by atoms with Gasteiger partial charge in [-0.2, -0.15) is 4.98 Å². The quantitative estimate of drug-likeness (QED) is 0.782. The highest BCUT2D eigenvalue weighted by Crippen LogP contribution is 2.34. The zero-order valence-corrected chi connectivity index (χ0v) is 13.3. The van der Waals surface area contributed by atoms with Crippen molar-refractivity contribution in [3.8, 4) is 11.3 Å². The van der Waals surface area contributed by atoms with Crippen molar-refractivity contribution in [2.24, 2.45) is 0 Å². The Kier molecular flexibility index (Phi) is 3.79. The van der Waals surface area contributed by atoms with E-state index in [1.54, 1.807) is 12.1 Å². The number of halogens is 1. The lowest BCUT2D eigenvalue weighted by Gasteiger charge is -2.28. The number of aromatic nitrogens is 3. The van der Waals surface area contributed by atoms with Crippen LogP contribution < -0.4 is 4.90 Å². The molecule has 0 unspecified atom stereocenters. The Morgan fingerprint density at radius 2 is 1.84 bits per heavy atom. The van der Waals surface area contributed by atoms with Crippen molar-refractivity contribution in [3.63, 3.8) is 0 Å². The van der Waals surface area contributed by atoms with Crippen LogP contribution in [0.1, 0.15) is 29.9 Å². The molecule has 3 heterocycles. The number of hydrogen-bond acceptors (Lipinski definition) is 6. The third kappa shape index (κ3) is 2.79. The molecule has 0 aliphatic carbocycles. The fourth-order valence-electron chi connectivity index (χ4n) is 3.07. The van der Waals surface area contributed by atoms with E-state index in [-0.39, 0.29) is 17.4 Å². The fourth-order valence-corrected chi connectivity index (χ4v) is 3.07. The van der Waals surface area contributed by atoms with Gasteiger partial charge in [0.1, 0.15) is 22.7 Å². The summed E-state index contributed by atoms with van der Waals surface area (Å²) in [5.74, 6) is -1.39. The van der Waals surface area contributed by atoms with Crippen molar-refractivity contribution in [1.82, 2.24) is 15.1 Å². The van der Waals surface area contributed by atoms with E-state index in [2.05, 4.69) is 15.1 Å². The van der Waals surface area contributed by atoms with Crippen molar-refractivity contribution in [2.45, 2.75) is 19.3 Å². The number of rotatable bonds is 3. The predicted molar refractivity (Wildman–Crippen MR) is 88.0 cm³/mol. The molecular formula is C17H15FN4O3. The average molecular weight is 342 g/mol. The number of carboxylic acid groups (broad SMARTS) is 1. The minimum absolute atomic E-state index is 0.118. The van der Waals surface area contributed by atoms with Gasteiger partial charge >= 0.3 is 5.97 Å². The van der Waals surface area contributed by atoms with E-state index in [9.17, 15) is 14.3 Å². The van der Waals surface area contributed by atoms with Crippen LogP contribution >= 0.6 is 0 Å². The molecule has 1 fully saturated rings. The molecule has 128 valence electrons. The molecule has 4 rings (SSSR count). The standard InChI is InChI=1S/C17H15FN4O3/c18-11-6-4-10(5-7-11)13-12-15(22-8-2-1-3-9-22)19-14(17(23)24)20-16(12)25-21-13/h4-7H,1-3,8-9H2,(H,23,24). The van der Waals surface area contributed by atoms with Crippen molar-refractivity contribution in [1.29, 1.82) is 0 Å². The number of carboxylic acids is 1. The number of benzene rings is 1. The Labute approximate surface area is 142 Å². The summed E-state index contributed by atoms with van der Waals surface area (Å²) in [5, 5.41) is 13.9. The van der Waals surface area contributed by atoms with Crippen molar-refractivity contribution >= 4 is 22.9 Å². The molecule has 0 atom stereocenters. The van der Waals surface area contributed by atoms with Crippen LogP contribution in [0.4, 0.5) is 10.2 Å². The van der Waals surface area contributed by atoms with Gasteiger partial charge in [-0.15, -0.1) is 0 Å². The molecular weight excluding hydrogens is 327 g/mol. The maximum Gasteiger partial charge on any atom is 0.374 e. The van der Waals surface area contributed by atoms with Crippen LogP contribution in [0.2, 0.25) is 0 Å². The summed E-state index contributed by atoms with van der Waals surface area (Å²) in [6.07, 6.45) is 3.14. The number of piperidine rings is 1. The highest BCUT2D eigenvalue weighted by atomic mass is 19.1. The lowest BCUT2D eigenvalue weighted by Crippen LogP contribution is -2.31. The predicted octanol–water partition coefficient (Wildman–Crippen LogP) is 3.11. The molecule has 1 aliphatic heterocycles. The number of aromatic carboxylic acids is 1. The van der Waals surface area contributed by atoms with Gasteiger partial charge in [0.2, 0.25) is 5.82 Å². The Balaban J connectivity index is 1.93. The number of nitrogens with zero attached hydrogens (tertiary/aromatic N) is 4. The normalized spacial score (nSPS) is 14.8. The molecule has 1 saturated heterocycles. The highest BCUT2D eigenvalue weighted by Gasteiger charge is 2.25. The van der Waals surface area contributed by atoms with Gasteiger partial charge in [0.15, 0.2) is 0 Å². The van der Waals surface area contributed by atoms with Gasteiger partial charge in [-0.05, 0) is 43.5 Å². The monoisotopic (exact) mass is 342 g/mol. The number of hydrogen-bond donors (Lipinski definition) is 1. The molecule has 3 aromatic rings. The molecule has 0 radical (unpaired) electrons. The summed E-state index contributed by atoms with van der Waals surface area (Å²) in [6, 6.07) is 5.86. The van der Waals surface area contributed by atoms with E-state index < -0.39 is 5.97 Å². The molecule has 0 spiro atoms. The zero-order chi connectivity index (χ0) is 17.4. The first kappa shape index (κ1) is 15.5. The minimum Gasteiger partial charge on any atom is -0.475 e. The molecule has 1 aliphatic rings. The molecule has 1 N–H and O–H groups in total. The number of fused-ring (bicyclic) bond motifs is 1. The lowest BCUT2D eigenvalue weighted by molar-refractivity contribution is 0.0683. The van der Waals surface area contributed by atoms with E-state index in [1.165, 1.54) is 12.1 Å². The SMILES string of the molecule is O=C(O)c1nc(N2CCCCC2)c2c(-c3ccc(F)cc3)noc2n1. The van der Waals surface area contributed by atoms with Crippen LogP contribution in [0.3, 0.4) is 0 Å². The van der Waals surface area contributed by atoms with Gasteiger partial charge in [-0.1, -0.05) is 5.16 Å². The van der Waals surface area contributed by atoms with E-state index >= 15 is 0 Å². The van der Waals surface area contributed by atoms with Crippen LogP contribution in [0, 0.1) is 5.82 Å². The minimum atomic E-state index is -1.22. The lowest BCUT2D eigenvalue weighted by atomic mass is 10.1. The van der Waals surface area contributed by atoms with Crippen LogP contribution in [0.25, 0.3) is 22.4 Å². The second kappa shape index (κ2) is 6.12. The Bertz CT molecular complexity index is 933. The van der Waals surface area contributed by atoms with Crippen LogP contribution in [0.15, 0.2) is 28.8 Å². The van der Waals surface area contributed by atoms with Crippen LogP contribution in [0.5, 0.6) is 0 Å². The first-order valence-electron chi connectivity index (χ1n) is 8.05. The van der Waals surface area contributed by atoms with Gasteiger partial charge in [0.25, 0.3) is 5.71 Å². The summed E-state index contributed by atoms with van der Waals surface area (Å²) < 4.78 is 18.5. The van der Waals surface area contributed by atoms with Crippen LogP contribution in [-0.4, -0.2) is 39.3 Å². The van der Waals surface area contributed by atoms with E-state index in [0.29, 0.717) is 22.5 Å². The second-order valence-electron chi connectivity index (χ2n) is 5.94. The smallest absolute Gasteiger partial charge is 0.374 e. The average Bonchev–Trinajstić information content (AvgIpc) is 3.06. The molecule has 2 aromatic heterocycles. The molecule has 0 bridgehead atoms. The Morgan fingerprint density at radius 3 is 2.52 bits per heavy atom. The van der Waals surface area contributed by atoms with Gasteiger partial charge < -0.3 is 14.5 Å². The summed E-state index contributed by atoms with van der Waals surface area (Å²) in [4.78, 5) is 21.6. The summed E-state index contributed by atoms with van der Waals surface area (Å²) in [7, 11) is 0. The Hall–Kier alpha value is -3.03. The maximum atomic E-state index is 13.2. The fraction of sp³-hybridized carbons (Fsp3) is 0.294. The largest absolute Gasteiger partial charge is 0.475 e. The van der Waals surface area contributed by atoms with Crippen molar-refractivity contribution < 1.29 is 18.8 Å². The molecule has 1 aromatic carbocycles. The van der Waals surface area contributed by atoms with E-state index in [4.69, 9.17) is 4.52 Å². The van der Waals surface area contributed by atoms with E-state index in [1.807, 2.05) is 4.90 Å². The highest BCUT2D eigenvalue weighted by molar-refractivity contribution is 6.00. The summed E-state index contributed by atoms with van der Waals surface area (Å²) in [5.41, 5.74) is 1.25.